The van der Waals surface area contributed by atoms with E-state index in [4.69, 9.17) is 9.97 Å². The molecular weight excluding hydrogens is 530 g/mol. The summed E-state index contributed by atoms with van der Waals surface area (Å²) in [6.07, 6.45) is 5.42. The van der Waals surface area contributed by atoms with E-state index in [2.05, 4.69) is 106 Å². The predicted molar refractivity (Wildman–Crippen MR) is 152 cm³/mol. The zero-order valence-corrected chi connectivity index (χ0v) is 25.0. The molecule has 0 amide bonds. The quantitative estimate of drug-likeness (QED) is 0.231. The van der Waals surface area contributed by atoms with Gasteiger partial charge >= 0.3 is 215 Å². The van der Waals surface area contributed by atoms with Gasteiger partial charge in [-0.2, -0.15) is 0 Å². The maximum atomic E-state index is 5.25. The summed E-state index contributed by atoms with van der Waals surface area (Å²) in [5.74, 6) is 0. The summed E-state index contributed by atoms with van der Waals surface area (Å²) in [6, 6.07) is 25.5. The van der Waals surface area contributed by atoms with Crippen molar-refractivity contribution in [3.63, 3.8) is 0 Å². The minimum absolute atomic E-state index is 0.208. The number of fused-ring (bicyclic) bond motifs is 10. The van der Waals surface area contributed by atoms with Crippen LogP contribution in [0.3, 0.4) is 0 Å². The fourth-order valence-corrected chi connectivity index (χ4v) is 116. The molecule has 12 heterocycles. The second-order valence-corrected chi connectivity index (χ2v) is 41.0. The first-order valence-corrected chi connectivity index (χ1v) is 21.6. The van der Waals surface area contributed by atoms with Crippen molar-refractivity contribution in [3.05, 3.63) is 96.1 Å². The van der Waals surface area contributed by atoms with E-state index < -0.39 is 6.51 Å². The molecule has 3 aromatic rings. The molecule has 13 rings (SSSR count). The first kappa shape index (κ1) is 19.1. The topological polar surface area (TPSA) is 25.8 Å². The van der Waals surface area contributed by atoms with Crippen molar-refractivity contribution < 1.29 is 6.51 Å². The Hall–Kier alpha value is -1.10. The van der Waals surface area contributed by atoms with Gasteiger partial charge in [-0.3, -0.25) is 0 Å². The molecule has 0 bridgehead atoms. The van der Waals surface area contributed by atoms with E-state index in [0.29, 0.717) is 17.3 Å². The van der Waals surface area contributed by atoms with Crippen LogP contribution >= 0.6 is 18.5 Å². The Morgan fingerprint density at radius 2 is 1.27 bits per heavy atom. The first-order valence-electron chi connectivity index (χ1n) is 14.2. The summed E-state index contributed by atoms with van der Waals surface area (Å²) in [4.78, 5) is 17.1. The second-order valence-electron chi connectivity index (χ2n) is 17.1. The van der Waals surface area contributed by atoms with Crippen LogP contribution in [0.15, 0.2) is 79.1 Å². The van der Waals surface area contributed by atoms with Crippen molar-refractivity contribution in [1.82, 2.24) is 9.97 Å². The number of benzene rings is 1. The molecule has 37 heavy (non-hydrogen) atoms. The molecule has 2 aromatic heterocycles. The molecule has 1 spiro atoms. The Kier molecular flexibility index (Phi) is 1.37. The fourth-order valence-electron chi connectivity index (χ4n) is 25.0. The normalized spacial score (nSPS) is 67.9. The molecule has 0 saturated carbocycles. The van der Waals surface area contributed by atoms with Crippen LogP contribution in [-0.4, -0.2) is 16.1 Å². The van der Waals surface area contributed by atoms with Gasteiger partial charge < -0.3 is 0 Å². The number of hydrogen-bond acceptors (Lipinski definition) is 2. The van der Waals surface area contributed by atoms with E-state index in [1.165, 1.54) is 17.5 Å². The van der Waals surface area contributed by atoms with E-state index in [-0.39, 0.29) is 10.6 Å². The Bertz CT molecular complexity index is 2030. The van der Waals surface area contributed by atoms with E-state index in [1.807, 2.05) is 12.4 Å². The first-order chi connectivity index (χ1) is 17.6. The van der Waals surface area contributed by atoms with Crippen LogP contribution in [0.1, 0.15) is 37.7 Å². The van der Waals surface area contributed by atoms with Gasteiger partial charge in [0.1, 0.15) is 0 Å². The Balaban J connectivity index is 1.31. The summed E-state index contributed by atoms with van der Waals surface area (Å²) in [6.45, 7) is 3.59. The van der Waals surface area contributed by atoms with Crippen LogP contribution in [0, 0.1) is 5.41 Å². The molecular formula is C32H34FeN2P2. The second kappa shape index (κ2) is 2.66. The molecule has 0 N–H and O–H groups in total. The summed E-state index contributed by atoms with van der Waals surface area (Å²) in [7, 11) is 7.00. The maximum absolute atomic E-state index is 5.25. The number of aromatic nitrogens is 2. The van der Waals surface area contributed by atoms with Gasteiger partial charge in [-0.1, -0.05) is 0 Å². The molecule has 1 aromatic carbocycles. The minimum atomic E-state index is -4.45. The molecule has 10 saturated heterocycles. The number of nitrogens with zero attached hydrogens (tertiary/aromatic N) is 2. The van der Waals surface area contributed by atoms with Gasteiger partial charge in [0.25, 0.3) is 0 Å². The van der Waals surface area contributed by atoms with Crippen LogP contribution in [0.4, 0.5) is 0 Å². The van der Waals surface area contributed by atoms with Crippen molar-refractivity contribution in [2.24, 2.45) is 5.41 Å². The van der Waals surface area contributed by atoms with Gasteiger partial charge in [-0.15, -0.1) is 0 Å². The van der Waals surface area contributed by atoms with E-state index in [9.17, 15) is 0 Å². The Morgan fingerprint density at radius 1 is 0.757 bits per heavy atom. The molecule has 0 aliphatic carbocycles. The van der Waals surface area contributed by atoms with Gasteiger partial charge in [0.15, 0.2) is 0 Å². The Labute approximate surface area is 213 Å². The van der Waals surface area contributed by atoms with Gasteiger partial charge in [-0.05, 0) is 0 Å². The van der Waals surface area contributed by atoms with E-state index in [1.54, 1.807) is 5.56 Å². The van der Waals surface area contributed by atoms with Crippen LogP contribution in [0.2, 0.25) is 41.8 Å². The molecule has 10 fully saturated rings. The average molecular weight is 564 g/mol. The van der Waals surface area contributed by atoms with Crippen molar-refractivity contribution in [2.75, 3.05) is 6.16 Å². The molecule has 5 heteroatoms. The number of pyridine rings is 2. The van der Waals surface area contributed by atoms with E-state index >= 15 is 0 Å². The Morgan fingerprint density at radius 3 is 1.68 bits per heavy atom. The average Bonchev–Trinajstić information content (AvgIpc) is 3.87. The van der Waals surface area contributed by atoms with Gasteiger partial charge in [0.2, 0.25) is 0 Å². The van der Waals surface area contributed by atoms with Crippen molar-refractivity contribution >= 4 is 18.5 Å². The SMILES string of the molecule is CC(C)(C)[C]12[C]3(c4ccccc4)[CH]4[C]5(CP)[C]1(C(P)(c1ccccn1)c1ccccn1)[Fe]45321678[CH]2[CH]1[CH]6[CH]7[CH]28. The summed E-state index contributed by atoms with van der Waals surface area (Å²) in [5, 5.41) is -0.208. The monoisotopic (exact) mass is 564 g/mol. The van der Waals surface area contributed by atoms with Crippen molar-refractivity contribution in [2.45, 2.75) is 72.1 Å². The third-order valence-electron chi connectivity index (χ3n) is 20.7. The van der Waals surface area contributed by atoms with Gasteiger partial charge in [0.05, 0.1) is 0 Å². The van der Waals surface area contributed by atoms with Crippen LogP contribution in [0.5, 0.6) is 0 Å². The zero-order chi connectivity index (χ0) is 24.8. The molecule has 7 unspecified atom stereocenters. The third kappa shape index (κ3) is 0.376. The summed E-state index contributed by atoms with van der Waals surface area (Å²) in [5.41, 5.74) is 4.60. The molecule has 190 valence electrons. The van der Waals surface area contributed by atoms with Crippen molar-refractivity contribution in [1.29, 1.82) is 0 Å². The van der Waals surface area contributed by atoms with Gasteiger partial charge in [-0.25, -0.2) is 0 Å². The molecule has 10 aliphatic rings. The molecule has 0 radical (unpaired) electrons. The summed E-state index contributed by atoms with van der Waals surface area (Å²) < 4.78 is 1.93. The van der Waals surface area contributed by atoms with Crippen molar-refractivity contribution in [3.8, 4) is 0 Å². The number of rotatable bonds is 5. The molecule has 10 aliphatic heterocycles. The standard InChI is InChI=1S/C27H29N2P2.C5H5.Fe/c1-26(2,3)25-21(19-11-5-4-6-12-19)17-20(18-30)24(25)27(31,22-13-7-9-15-28-22)23-14-8-10-16-29-23;1-2-4-5-3-1;/h4-17H,18,30-31H2,1-3H3;1-5H;. The predicted octanol–water partition coefficient (Wildman–Crippen LogP) is 8.12. The van der Waals surface area contributed by atoms with Crippen LogP contribution < -0.4 is 0 Å². The van der Waals surface area contributed by atoms with Gasteiger partial charge in [0, 0.05) is 0 Å². The number of hydrogen-bond donors (Lipinski definition) is 0. The third-order valence-corrected chi connectivity index (χ3v) is 67.9. The fraction of sp³-hybridized carbons (Fsp3) is 0.500. The molecule has 2 nitrogen and oxygen atoms in total. The zero-order valence-electron chi connectivity index (χ0n) is 21.6. The summed E-state index contributed by atoms with van der Waals surface area (Å²) >= 11 is 0. The molecule has 7 atom stereocenters. The van der Waals surface area contributed by atoms with E-state index in [0.717, 1.165) is 28.9 Å². The van der Waals surface area contributed by atoms with Crippen LogP contribution in [0.25, 0.3) is 0 Å². The van der Waals surface area contributed by atoms with Crippen LogP contribution in [-0.2, 0) is 16.0 Å².